The van der Waals surface area contributed by atoms with Crippen LogP contribution in [-0.2, 0) is 0 Å². The first-order chi connectivity index (χ1) is 4.20. The van der Waals surface area contributed by atoms with Crippen molar-refractivity contribution in [3.8, 4) is 0 Å². The second-order valence-electron chi connectivity index (χ2n) is 3.09. The van der Waals surface area contributed by atoms with Crippen LogP contribution in [0.5, 0.6) is 0 Å². The molecule has 0 aliphatic heterocycles. The summed E-state index contributed by atoms with van der Waals surface area (Å²) in [5.41, 5.74) is 5.48. The number of hydrogen-bond acceptors (Lipinski definition) is 1. The standard InChI is InChI=1S/C8H19N/c1-4-7(2)5-8(3)6-9/h7-8H,4-6,9H2,1-3H3/t7?,8-/m0/s1. The van der Waals surface area contributed by atoms with Crippen LogP contribution in [0.2, 0.25) is 0 Å². The van der Waals surface area contributed by atoms with E-state index in [4.69, 9.17) is 5.73 Å². The van der Waals surface area contributed by atoms with Crippen molar-refractivity contribution >= 4 is 0 Å². The van der Waals surface area contributed by atoms with Crippen molar-refractivity contribution in [1.82, 2.24) is 0 Å². The van der Waals surface area contributed by atoms with Gasteiger partial charge in [-0.3, -0.25) is 0 Å². The summed E-state index contributed by atoms with van der Waals surface area (Å²) in [7, 11) is 0. The minimum Gasteiger partial charge on any atom is -0.330 e. The zero-order valence-corrected chi connectivity index (χ0v) is 6.85. The Morgan fingerprint density at radius 1 is 1.22 bits per heavy atom. The highest BCUT2D eigenvalue weighted by Gasteiger charge is 2.03. The quantitative estimate of drug-likeness (QED) is 0.617. The molecule has 0 aromatic rings. The average Bonchev–Trinajstić information content (AvgIpc) is 1.87. The van der Waals surface area contributed by atoms with Gasteiger partial charge in [0.1, 0.15) is 0 Å². The van der Waals surface area contributed by atoms with Crippen LogP contribution in [-0.4, -0.2) is 6.54 Å². The highest BCUT2D eigenvalue weighted by molar-refractivity contribution is 4.57. The summed E-state index contributed by atoms with van der Waals surface area (Å²) in [6.07, 6.45) is 2.57. The van der Waals surface area contributed by atoms with E-state index in [0.29, 0.717) is 5.92 Å². The molecule has 9 heavy (non-hydrogen) atoms. The minimum atomic E-state index is 0.708. The third-order valence-corrected chi connectivity index (χ3v) is 1.90. The molecule has 0 aromatic heterocycles. The van der Waals surface area contributed by atoms with E-state index in [9.17, 15) is 0 Å². The van der Waals surface area contributed by atoms with E-state index < -0.39 is 0 Å². The molecular weight excluding hydrogens is 110 g/mol. The fraction of sp³-hybridized carbons (Fsp3) is 1.00. The van der Waals surface area contributed by atoms with Gasteiger partial charge in [-0.2, -0.15) is 0 Å². The lowest BCUT2D eigenvalue weighted by Gasteiger charge is -2.12. The van der Waals surface area contributed by atoms with Crippen LogP contribution in [0.1, 0.15) is 33.6 Å². The first-order valence-corrected chi connectivity index (χ1v) is 3.90. The van der Waals surface area contributed by atoms with Crippen molar-refractivity contribution in [2.45, 2.75) is 33.6 Å². The molecule has 2 N–H and O–H groups in total. The van der Waals surface area contributed by atoms with Crippen LogP contribution in [0.4, 0.5) is 0 Å². The molecule has 0 saturated heterocycles. The van der Waals surface area contributed by atoms with Gasteiger partial charge in [-0.15, -0.1) is 0 Å². The lowest BCUT2D eigenvalue weighted by Crippen LogP contribution is -2.13. The van der Waals surface area contributed by atoms with Crippen LogP contribution >= 0.6 is 0 Å². The molecule has 0 radical (unpaired) electrons. The smallest absolute Gasteiger partial charge is 0.00514 e. The molecule has 0 amide bonds. The monoisotopic (exact) mass is 129 g/mol. The van der Waals surface area contributed by atoms with Crippen molar-refractivity contribution in [1.29, 1.82) is 0 Å². The average molecular weight is 129 g/mol. The summed E-state index contributed by atoms with van der Waals surface area (Å²) in [5.74, 6) is 1.56. The lowest BCUT2D eigenvalue weighted by atomic mass is 9.96. The van der Waals surface area contributed by atoms with Gasteiger partial charge in [-0.05, 0) is 24.8 Å². The van der Waals surface area contributed by atoms with Crippen LogP contribution in [0.3, 0.4) is 0 Å². The third kappa shape index (κ3) is 4.46. The van der Waals surface area contributed by atoms with Crippen molar-refractivity contribution in [2.24, 2.45) is 17.6 Å². The Labute approximate surface area is 58.6 Å². The molecule has 0 fully saturated rings. The maximum Gasteiger partial charge on any atom is -0.00514 e. The van der Waals surface area contributed by atoms with Crippen molar-refractivity contribution in [2.75, 3.05) is 6.54 Å². The van der Waals surface area contributed by atoms with E-state index in [2.05, 4.69) is 20.8 Å². The fourth-order valence-electron chi connectivity index (χ4n) is 0.950. The first kappa shape index (κ1) is 8.96. The molecule has 0 rings (SSSR count). The maximum atomic E-state index is 5.48. The summed E-state index contributed by atoms with van der Waals surface area (Å²) >= 11 is 0. The van der Waals surface area contributed by atoms with Crippen LogP contribution in [0.25, 0.3) is 0 Å². The van der Waals surface area contributed by atoms with Gasteiger partial charge in [0.2, 0.25) is 0 Å². The predicted octanol–water partition coefficient (Wildman–Crippen LogP) is 2.02. The van der Waals surface area contributed by atoms with Crippen molar-refractivity contribution in [3.63, 3.8) is 0 Å². The van der Waals surface area contributed by atoms with E-state index in [-0.39, 0.29) is 0 Å². The van der Waals surface area contributed by atoms with Gasteiger partial charge in [0.05, 0.1) is 0 Å². The van der Waals surface area contributed by atoms with Gasteiger partial charge in [0.15, 0.2) is 0 Å². The van der Waals surface area contributed by atoms with Crippen molar-refractivity contribution < 1.29 is 0 Å². The van der Waals surface area contributed by atoms with Crippen LogP contribution in [0.15, 0.2) is 0 Å². The molecule has 0 aliphatic rings. The fourth-order valence-corrected chi connectivity index (χ4v) is 0.950. The van der Waals surface area contributed by atoms with Crippen molar-refractivity contribution in [3.05, 3.63) is 0 Å². The number of hydrogen-bond donors (Lipinski definition) is 1. The van der Waals surface area contributed by atoms with Gasteiger partial charge >= 0.3 is 0 Å². The Morgan fingerprint density at radius 3 is 2.11 bits per heavy atom. The Hall–Kier alpha value is -0.0400. The third-order valence-electron chi connectivity index (χ3n) is 1.90. The molecule has 1 heteroatoms. The normalized spacial score (nSPS) is 17.3. The van der Waals surface area contributed by atoms with E-state index in [1.165, 1.54) is 12.8 Å². The molecular formula is C8H19N. The second kappa shape index (κ2) is 4.80. The predicted molar refractivity (Wildman–Crippen MR) is 42.3 cm³/mol. The van der Waals surface area contributed by atoms with Gasteiger partial charge < -0.3 is 5.73 Å². The second-order valence-corrected chi connectivity index (χ2v) is 3.09. The molecule has 0 heterocycles. The molecule has 0 aromatic carbocycles. The molecule has 0 aliphatic carbocycles. The van der Waals surface area contributed by atoms with Gasteiger partial charge in [-0.25, -0.2) is 0 Å². The lowest BCUT2D eigenvalue weighted by molar-refractivity contribution is 0.412. The van der Waals surface area contributed by atoms with Gasteiger partial charge in [0.25, 0.3) is 0 Å². The van der Waals surface area contributed by atoms with Crippen LogP contribution < -0.4 is 5.73 Å². The maximum absolute atomic E-state index is 5.48. The summed E-state index contributed by atoms with van der Waals surface area (Å²) in [4.78, 5) is 0. The molecule has 0 bridgehead atoms. The molecule has 1 nitrogen and oxygen atoms in total. The van der Waals surface area contributed by atoms with E-state index in [1.54, 1.807) is 0 Å². The highest BCUT2D eigenvalue weighted by atomic mass is 14.5. The Bertz CT molecular complexity index is 53.6. The molecule has 0 saturated carbocycles. The zero-order valence-electron chi connectivity index (χ0n) is 6.85. The summed E-state index contributed by atoms with van der Waals surface area (Å²) < 4.78 is 0. The summed E-state index contributed by atoms with van der Waals surface area (Å²) in [6, 6.07) is 0. The number of nitrogens with two attached hydrogens (primary N) is 1. The Balaban J connectivity index is 3.22. The Kier molecular flexibility index (Phi) is 4.78. The van der Waals surface area contributed by atoms with Gasteiger partial charge in [-0.1, -0.05) is 27.2 Å². The molecule has 56 valence electrons. The SMILES string of the molecule is CCC(C)C[C@H](C)CN. The zero-order chi connectivity index (χ0) is 7.28. The summed E-state index contributed by atoms with van der Waals surface area (Å²) in [6.45, 7) is 7.57. The van der Waals surface area contributed by atoms with Crippen LogP contribution in [0, 0.1) is 11.8 Å². The van der Waals surface area contributed by atoms with E-state index in [0.717, 1.165) is 12.5 Å². The first-order valence-electron chi connectivity index (χ1n) is 3.90. The Morgan fingerprint density at radius 2 is 1.78 bits per heavy atom. The van der Waals surface area contributed by atoms with E-state index >= 15 is 0 Å². The summed E-state index contributed by atoms with van der Waals surface area (Å²) in [5, 5.41) is 0. The highest BCUT2D eigenvalue weighted by Crippen LogP contribution is 2.12. The van der Waals surface area contributed by atoms with E-state index in [1.807, 2.05) is 0 Å². The van der Waals surface area contributed by atoms with Gasteiger partial charge in [0, 0.05) is 0 Å². The topological polar surface area (TPSA) is 26.0 Å². The minimum absolute atomic E-state index is 0.708. The number of rotatable bonds is 4. The molecule has 2 atom stereocenters. The molecule has 1 unspecified atom stereocenters. The largest absolute Gasteiger partial charge is 0.330 e. The molecule has 0 spiro atoms.